The van der Waals surface area contributed by atoms with Gasteiger partial charge in [-0.25, -0.2) is 19.6 Å². The SMILES string of the molecule is COC(=O)N[C@H](C(=O)N1CC2(CC2)CC1(C)c1ncc(-c2ccc3cc(-c4ccc(-c5cnc(C67CC6C6(CC6)CN7C(=O)[C@@H](NC(=O)OC)C6CCC6)[nH]5)cc4)ccc3c2)[nH]1)C1CCC1. The highest BCUT2D eigenvalue weighted by Crippen LogP contribution is 2.76. The van der Waals surface area contributed by atoms with Crippen molar-refractivity contribution in [2.24, 2.45) is 28.6 Å². The maximum absolute atomic E-state index is 14.3. The van der Waals surface area contributed by atoms with E-state index >= 15 is 0 Å². The van der Waals surface area contributed by atoms with Gasteiger partial charge in [-0.3, -0.25) is 9.59 Å². The molecule has 5 aromatic rings. The van der Waals surface area contributed by atoms with E-state index in [1.165, 1.54) is 14.2 Å². The lowest BCUT2D eigenvalue weighted by molar-refractivity contribution is -0.140. The van der Waals surface area contributed by atoms with Crippen LogP contribution in [-0.4, -0.2) is 93.1 Å². The first-order valence-corrected chi connectivity index (χ1v) is 24.0. The highest BCUT2D eigenvalue weighted by molar-refractivity contribution is 5.91. The van der Waals surface area contributed by atoms with E-state index in [1.54, 1.807) is 0 Å². The van der Waals surface area contributed by atoms with E-state index < -0.39 is 35.3 Å². The van der Waals surface area contributed by atoms with Crippen molar-refractivity contribution >= 4 is 34.8 Å². The van der Waals surface area contributed by atoms with Crippen LogP contribution in [0, 0.1) is 28.6 Å². The lowest BCUT2D eigenvalue weighted by Gasteiger charge is -2.40. The van der Waals surface area contributed by atoms with Crippen LogP contribution >= 0.6 is 0 Å². The Labute approximate surface area is 384 Å². The molecule has 4 N–H and O–H groups in total. The number of aromatic amines is 2. The Bertz CT molecular complexity index is 2780. The number of alkyl carbamates (subject to hydrolysis) is 2. The molecule has 2 saturated heterocycles. The summed E-state index contributed by atoms with van der Waals surface area (Å²) in [5.41, 5.74) is 5.23. The summed E-state index contributed by atoms with van der Waals surface area (Å²) < 4.78 is 9.86. The molecular formula is C52H58N8O6. The lowest BCUT2D eigenvalue weighted by Crippen LogP contribution is -2.57. The zero-order chi connectivity index (χ0) is 45.2. The maximum atomic E-state index is 14.3. The monoisotopic (exact) mass is 890 g/mol. The minimum Gasteiger partial charge on any atom is -0.453 e. The van der Waals surface area contributed by atoms with Crippen LogP contribution in [0.25, 0.3) is 44.4 Å². The number of imidazole rings is 2. The standard InChI is InChI=1S/C52H58N8O6/c1-49(27-50(18-19-50)28-59(49)43(61)41(32-6-4-7-32)57-47(63)65-2)45-53-26-39(55-45)37-17-16-35-22-34(14-15-36(35)23-37)30-10-12-31(13-11-30)38-25-54-46(56-38)52-24-40(52)51(20-21-51)29-60(52)44(62)42(33-8-5-9-33)58-48(64)66-3/h10-17,22-23,25-26,32-33,40-42H,4-9,18-21,24,27-29H2,1-3H3,(H,53,55)(H,54,56)(H,57,63)(H,58,64)/t40?,41-,42-,49?,52?/m0/s1. The lowest BCUT2D eigenvalue weighted by atomic mass is 9.79. The Balaban J connectivity index is 0.755. The smallest absolute Gasteiger partial charge is 0.407 e. The van der Waals surface area contributed by atoms with Crippen molar-refractivity contribution in [3.8, 4) is 33.6 Å². The van der Waals surface area contributed by atoms with Crippen molar-refractivity contribution in [3.63, 3.8) is 0 Å². The number of nitrogens with zero attached hydrogens (tertiary/aromatic N) is 4. The number of hydrogen-bond acceptors (Lipinski definition) is 8. The molecule has 342 valence electrons. The number of carbonyl (C=O) groups excluding carboxylic acids is 4. The van der Waals surface area contributed by atoms with Crippen molar-refractivity contribution < 1.29 is 28.7 Å². The van der Waals surface area contributed by atoms with Gasteiger partial charge in [0.2, 0.25) is 11.8 Å². The third-order valence-electron chi connectivity index (χ3n) is 17.3. The number of ether oxygens (including phenoxy) is 2. The number of piperidine rings is 1. The molecule has 14 nitrogen and oxygen atoms in total. The molecule has 2 aromatic heterocycles. The van der Waals surface area contributed by atoms with Gasteiger partial charge in [-0.1, -0.05) is 61.4 Å². The van der Waals surface area contributed by atoms with E-state index in [9.17, 15) is 19.2 Å². The first kappa shape index (κ1) is 41.3. The van der Waals surface area contributed by atoms with Gasteiger partial charge in [-0.05, 0) is 139 Å². The van der Waals surface area contributed by atoms with Crippen molar-refractivity contribution in [3.05, 3.63) is 84.7 Å². The number of likely N-dealkylation sites (tertiary alicyclic amines) is 2. The fourth-order valence-electron chi connectivity index (χ4n) is 12.5. The minimum absolute atomic E-state index is 0.00720. The molecule has 0 bridgehead atoms. The summed E-state index contributed by atoms with van der Waals surface area (Å²) in [4.78, 5) is 74.6. The molecule has 5 aliphatic carbocycles. The summed E-state index contributed by atoms with van der Waals surface area (Å²) in [7, 11) is 2.68. The number of methoxy groups -OCH3 is 2. The summed E-state index contributed by atoms with van der Waals surface area (Å²) in [5.74, 6) is 2.18. The summed E-state index contributed by atoms with van der Waals surface area (Å²) in [6.07, 6.45) is 14.6. The molecule has 4 amide bonds. The van der Waals surface area contributed by atoms with Crippen molar-refractivity contribution in [1.29, 1.82) is 0 Å². The van der Waals surface area contributed by atoms with Crippen molar-refractivity contribution in [2.45, 2.75) is 107 Å². The number of nitrogens with one attached hydrogen (secondary N) is 4. The molecule has 3 aromatic carbocycles. The first-order valence-electron chi connectivity index (χ1n) is 24.0. The fourth-order valence-corrected chi connectivity index (χ4v) is 12.5. The predicted molar refractivity (Wildman–Crippen MR) is 246 cm³/mol. The zero-order valence-corrected chi connectivity index (χ0v) is 38.0. The van der Waals surface area contributed by atoms with Crippen LogP contribution in [0.3, 0.4) is 0 Å². The van der Waals surface area contributed by atoms with E-state index in [4.69, 9.17) is 19.4 Å². The van der Waals surface area contributed by atoms with Gasteiger partial charge in [0.05, 0.1) is 43.5 Å². The van der Waals surface area contributed by atoms with Crippen LogP contribution in [-0.2, 0) is 30.1 Å². The second kappa shape index (κ2) is 14.9. The number of H-pyrrole nitrogens is 2. The highest BCUT2D eigenvalue weighted by atomic mass is 16.5. The molecule has 2 aliphatic heterocycles. The summed E-state index contributed by atoms with van der Waals surface area (Å²) in [6.45, 7) is 3.50. The van der Waals surface area contributed by atoms with E-state index in [0.717, 1.165) is 133 Å². The molecule has 66 heavy (non-hydrogen) atoms. The predicted octanol–water partition coefficient (Wildman–Crippen LogP) is 8.40. The second-order valence-corrected chi connectivity index (χ2v) is 21.1. The molecule has 0 radical (unpaired) electrons. The highest BCUT2D eigenvalue weighted by Gasteiger charge is 2.79. The van der Waals surface area contributed by atoms with Gasteiger partial charge < -0.3 is 39.9 Å². The van der Waals surface area contributed by atoms with Crippen LogP contribution in [0.1, 0.15) is 95.6 Å². The van der Waals surface area contributed by atoms with Crippen LogP contribution in [0.2, 0.25) is 0 Å². The van der Waals surface area contributed by atoms with Gasteiger partial charge in [0.25, 0.3) is 0 Å². The molecule has 7 aliphatic rings. The molecule has 4 heterocycles. The normalized spacial score (nSPS) is 26.3. The number of benzene rings is 3. The molecule has 3 unspecified atom stereocenters. The van der Waals surface area contributed by atoms with E-state index in [0.29, 0.717) is 19.0 Å². The topological polar surface area (TPSA) is 175 Å². The van der Waals surface area contributed by atoms with Gasteiger partial charge >= 0.3 is 12.2 Å². The van der Waals surface area contributed by atoms with E-state index in [1.807, 2.05) is 17.3 Å². The van der Waals surface area contributed by atoms with E-state index in [2.05, 4.69) is 93.1 Å². The summed E-state index contributed by atoms with van der Waals surface area (Å²) in [6, 6.07) is 20.3. The Kier molecular flexibility index (Phi) is 9.33. The van der Waals surface area contributed by atoms with Crippen LogP contribution in [0.5, 0.6) is 0 Å². The quantitative estimate of drug-likeness (QED) is 0.102. The molecule has 7 fully saturated rings. The largest absolute Gasteiger partial charge is 0.453 e. The third kappa shape index (κ3) is 6.55. The average Bonchev–Trinajstić information content (AvgIpc) is 4.21. The number of amides is 4. The Morgan fingerprint density at radius 1 is 0.667 bits per heavy atom. The molecule has 5 saturated carbocycles. The summed E-state index contributed by atoms with van der Waals surface area (Å²) in [5, 5.41) is 8.00. The second-order valence-electron chi connectivity index (χ2n) is 21.1. The van der Waals surface area contributed by atoms with Crippen molar-refractivity contribution in [1.82, 2.24) is 40.4 Å². The van der Waals surface area contributed by atoms with Crippen LogP contribution in [0.15, 0.2) is 73.1 Å². The van der Waals surface area contributed by atoms with E-state index in [-0.39, 0.29) is 34.5 Å². The average molecular weight is 891 g/mol. The molecule has 12 rings (SSSR count). The fraction of sp³-hybridized carbons (Fsp3) is 0.500. The molecule has 14 heteroatoms. The maximum Gasteiger partial charge on any atom is 0.407 e. The Morgan fingerprint density at radius 3 is 1.77 bits per heavy atom. The van der Waals surface area contributed by atoms with Crippen molar-refractivity contribution in [2.75, 3.05) is 27.3 Å². The number of carbonyl (C=O) groups is 4. The Morgan fingerprint density at radius 2 is 1.20 bits per heavy atom. The third-order valence-corrected chi connectivity index (χ3v) is 17.3. The van der Waals surface area contributed by atoms with Crippen LogP contribution in [0.4, 0.5) is 9.59 Å². The summed E-state index contributed by atoms with van der Waals surface area (Å²) >= 11 is 0. The molecular weight excluding hydrogens is 833 g/mol. The van der Waals surface area contributed by atoms with Gasteiger partial charge in [0, 0.05) is 18.7 Å². The number of fused-ring (bicyclic) bond motifs is 3. The number of hydrogen-bond donors (Lipinski definition) is 4. The number of aromatic nitrogens is 4. The zero-order valence-electron chi connectivity index (χ0n) is 38.0. The van der Waals surface area contributed by atoms with Gasteiger partial charge in [0.1, 0.15) is 29.3 Å². The van der Waals surface area contributed by atoms with Crippen LogP contribution < -0.4 is 10.6 Å². The Hall–Kier alpha value is -6.18. The van der Waals surface area contributed by atoms with Gasteiger partial charge in [-0.2, -0.15) is 0 Å². The molecule has 5 atom stereocenters. The minimum atomic E-state index is -0.631. The first-order chi connectivity index (χ1) is 31.9. The van der Waals surface area contributed by atoms with Gasteiger partial charge in [0.15, 0.2) is 0 Å². The van der Waals surface area contributed by atoms with Gasteiger partial charge in [-0.15, -0.1) is 0 Å². The number of rotatable bonds is 11. The molecule has 2 spiro atoms.